The number of nitrogens with zero attached hydrogens (tertiary/aromatic N) is 2. The summed E-state index contributed by atoms with van der Waals surface area (Å²) >= 11 is 5.56. The van der Waals surface area contributed by atoms with Crippen LogP contribution >= 0.6 is 11.6 Å². The lowest BCUT2D eigenvalue weighted by Crippen LogP contribution is -1.93. The molecular formula is C10H13ClN4O. The van der Waals surface area contributed by atoms with Crippen molar-refractivity contribution >= 4 is 28.5 Å². The van der Waals surface area contributed by atoms with Gasteiger partial charge in [-0.05, 0) is 30.5 Å². The van der Waals surface area contributed by atoms with E-state index in [2.05, 4.69) is 15.0 Å². The number of H-pyrrole nitrogens is 1. The summed E-state index contributed by atoms with van der Waals surface area (Å²) in [6.07, 6.45) is 4.30. The number of hydrogen-bond donors (Lipinski definition) is 2. The summed E-state index contributed by atoms with van der Waals surface area (Å²) in [5.41, 5.74) is 6.21. The second-order valence-corrected chi connectivity index (χ2v) is 3.78. The van der Waals surface area contributed by atoms with Crippen LogP contribution in [-0.4, -0.2) is 28.2 Å². The van der Waals surface area contributed by atoms with Crippen molar-refractivity contribution in [2.75, 3.05) is 18.9 Å². The number of rotatable bonds is 0. The van der Waals surface area contributed by atoms with Crippen molar-refractivity contribution in [3.8, 4) is 0 Å². The monoisotopic (exact) mass is 240 g/mol. The maximum atomic E-state index is 5.56. The molecule has 3 heterocycles. The third-order valence-electron chi connectivity index (χ3n) is 2.25. The summed E-state index contributed by atoms with van der Waals surface area (Å²) in [7, 11) is 0. The van der Waals surface area contributed by atoms with E-state index in [1.54, 1.807) is 12.3 Å². The number of halogens is 1. The highest BCUT2D eigenvalue weighted by Gasteiger charge is 2.02. The van der Waals surface area contributed by atoms with Crippen molar-refractivity contribution in [2.24, 2.45) is 0 Å². The summed E-state index contributed by atoms with van der Waals surface area (Å²) < 4.78 is 4.94. The quantitative estimate of drug-likeness (QED) is 0.691. The minimum Gasteiger partial charge on any atom is -0.383 e. The van der Waals surface area contributed by atoms with Gasteiger partial charge < -0.3 is 15.5 Å². The molecule has 1 aliphatic heterocycles. The van der Waals surface area contributed by atoms with Gasteiger partial charge in [-0.25, -0.2) is 4.98 Å². The summed E-state index contributed by atoms with van der Waals surface area (Å²) in [6, 6.07) is 1.81. The molecule has 86 valence electrons. The highest BCUT2D eigenvalue weighted by Crippen LogP contribution is 2.17. The fourth-order valence-electron chi connectivity index (χ4n) is 1.45. The van der Waals surface area contributed by atoms with Crippen molar-refractivity contribution in [3.05, 3.63) is 17.5 Å². The summed E-state index contributed by atoms with van der Waals surface area (Å²) in [5, 5.41) is 0.965. The number of nitrogens with two attached hydrogens (primary N) is 1. The number of ether oxygens (including phenoxy) is 1. The van der Waals surface area contributed by atoms with Crippen LogP contribution in [0.3, 0.4) is 0 Å². The standard InChI is InChI=1S/C6H5ClN4.C4H8O/c7-6-10-4(8)3-1-2-9-5(3)11-6;1-2-4-5-3-1/h1-2H,(H3,8,9,10,11);1-4H2. The molecule has 0 aliphatic carbocycles. The van der Waals surface area contributed by atoms with Crippen LogP contribution in [0.5, 0.6) is 0 Å². The molecule has 5 nitrogen and oxygen atoms in total. The lowest BCUT2D eigenvalue weighted by molar-refractivity contribution is 0.198. The molecule has 2 aromatic rings. The molecule has 0 radical (unpaired) electrons. The van der Waals surface area contributed by atoms with E-state index in [0.29, 0.717) is 11.5 Å². The zero-order chi connectivity index (χ0) is 11.4. The molecule has 2 aromatic heterocycles. The van der Waals surface area contributed by atoms with E-state index in [4.69, 9.17) is 22.1 Å². The van der Waals surface area contributed by atoms with Crippen molar-refractivity contribution < 1.29 is 4.74 Å². The Morgan fingerprint density at radius 2 is 2.06 bits per heavy atom. The molecule has 6 heteroatoms. The SMILES string of the molecule is C1CCOC1.Nc1nc(Cl)nc2[nH]ccc12. The molecular weight excluding hydrogens is 228 g/mol. The maximum Gasteiger partial charge on any atom is 0.226 e. The molecule has 0 saturated carbocycles. The minimum atomic E-state index is 0.164. The Bertz CT molecular complexity index is 459. The van der Waals surface area contributed by atoms with Gasteiger partial charge in [0.15, 0.2) is 0 Å². The van der Waals surface area contributed by atoms with Gasteiger partial charge in [-0.3, -0.25) is 0 Å². The third kappa shape index (κ3) is 2.62. The Morgan fingerprint density at radius 1 is 1.31 bits per heavy atom. The molecule has 0 bridgehead atoms. The van der Waals surface area contributed by atoms with Crippen LogP contribution in [0.15, 0.2) is 12.3 Å². The molecule has 1 saturated heterocycles. The molecule has 0 atom stereocenters. The van der Waals surface area contributed by atoms with Crippen LogP contribution in [0.2, 0.25) is 5.28 Å². The van der Waals surface area contributed by atoms with Crippen LogP contribution in [-0.2, 0) is 4.74 Å². The van der Waals surface area contributed by atoms with E-state index < -0.39 is 0 Å². The summed E-state index contributed by atoms with van der Waals surface area (Å²) in [4.78, 5) is 10.6. The Labute approximate surface area is 98.0 Å². The predicted molar refractivity (Wildman–Crippen MR) is 63.4 cm³/mol. The van der Waals surface area contributed by atoms with Gasteiger partial charge in [0.1, 0.15) is 11.5 Å². The third-order valence-corrected chi connectivity index (χ3v) is 2.41. The Kier molecular flexibility index (Phi) is 3.58. The number of nitrogen functional groups attached to an aromatic ring is 1. The van der Waals surface area contributed by atoms with Gasteiger partial charge in [0.05, 0.1) is 5.39 Å². The van der Waals surface area contributed by atoms with Gasteiger partial charge in [-0.2, -0.15) is 4.98 Å². The molecule has 0 aromatic carbocycles. The number of hydrogen-bond acceptors (Lipinski definition) is 4. The summed E-state index contributed by atoms with van der Waals surface area (Å²) in [5.74, 6) is 0.404. The summed E-state index contributed by atoms with van der Waals surface area (Å²) in [6.45, 7) is 2.00. The van der Waals surface area contributed by atoms with E-state index in [1.165, 1.54) is 12.8 Å². The molecule has 3 rings (SSSR count). The largest absolute Gasteiger partial charge is 0.383 e. The van der Waals surface area contributed by atoms with Gasteiger partial charge in [0.25, 0.3) is 0 Å². The second kappa shape index (κ2) is 5.14. The van der Waals surface area contributed by atoms with Crippen molar-refractivity contribution in [1.29, 1.82) is 0 Å². The van der Waals surface area contributed by atoms with Crippen LogP contribution < -0.4 is 5.73 Å². The van der Waals surface area contributed by atoms with Crippen LogP contribution in [0.1, 0.15) is 12.8 Å². The minimum absolute atomic E-state index is 0.164. The van der Waals surface area contributed by atoms with E-state index in [-0.39, 0.29) is 5.28 Å². The van der Waals surface area contributed by atoms with Crippen LogP contribution in [0.25, 0.3) is 11.0 Å². The number of aromatic amines is 1. The topological polar surface area (TPSA) is 76.8 Å². The Hall–Kier alpha value is -1.33. The van der Waals surface area contributed by atoms with E-state index in [1.807, 2.05) is 0 Å². The first-order valence-electron chi connectivity index (χ1n) is 5.11. The second-order valence-electron chi connectivity index (χ2n) is 3.44. The first-order chi connectivity index (χ1) is 7.77. The van der Waals surface area contributed by atoms with Gasteiger partial charge >= 0.3 is 0 Å². The van der Waals surface area contributed by atoms with E-state index >= 15 is 0 Å². The zero-order valence-electron chi connectivity index (χ0n) is 8.74. The van der Waals surface area contributed by atoms with Gasteiger partial charge in [0, 0.05) is 19.4 Å². The van der Waals surface area contributed by atoms with Crippen molar-refractivity contribution in [2.45, 2.75) is 12.8 Å². The Balaban J connectivity index is 0.000000162. The molecule has 0 amide bonds. The lowest BCUT2D eigenvalue weighted by atomic mass is 10.4. The number of nitrogens with one attached hydrogen (secondary N) is 1. The predicted octanol–water partition coefficient (Wildman–Crippen LogP) is 1.99. The zero-order valence-corrected chi connectivity index (χ0v) is 9.50. The fraction of sp³-hybridized carbons (Fsp3) is 0.400. The number of anilines is 1. The van der Waals surface area contributed by atoms with Crippen molar-refractivity contribution in [3.63, 3.8) is 0 Å². The van der Waals surface area contributed by atoms with E-state index in [9.17, 15) is 0 Å². The van der Waals surface area contributed by atoms with Gasteiger partial charge in [0.2, 0.25) is 5.28 Å². The van der Waals surface area contributed by atoms with Crippen LogP contribution in [0.4, 0.5) is 5.82 Å². The number of aromatic nitrogens is 3. The molecule has 0 spiro atoms. The first-order valence-corrected chi connectivity index (χ1v) is 5.49. The first kappa shape index (κ1) is 11.2. The average Bonchev–Trinajstić information content (AvgIpc) is 2.90. The van der Waals surface area contributed by atoms with E-state index in [0.717, 1.165) is 18.6 Å². The smallest absolute Gasteiger partial charge is 0.226 e. The molecule has 16 heavy (non-hydrogen) atoms. The molecule has 0 unspecified atom stereocenters. The highest BCUT2D eigenvalue weighted by molar-refractivity contribution is 6.28. The van der Waals surface area contributed by atoms with Crippen molar-refractivity contribution in [1.82, 2.24) is 15.0 Å². The van der Waals surface area contributed by atoms with Gasteiger partial charge in [-0.15, -0.1) is 0 Å². The lowest BCUT2D eigenvalue weighted by Gasteiger charge is -1.93. The highest BCUT2D eigenvalue weighted by atomic mass is 35.5. The Morgan fingerprint density at radius 3 is 2.69 bits per heavy atom. The number of fused-ring (bicyclic) bond motifs is 1. The molecule has 1 fully saturated rings. The fourth-order valence-corrected chi connectivity index (χ4v) is 1.62. The molecule has 1 aliphatic rings. The normalized spacial score (nSPS) is 14.8. The maximum absolute atomic E-state index is 5.56. The van der Waals surface area contributed by atoms with Gasteiger partial charge in [-0.1, -0.05) is 0 Å². The molecule has 3 N–H and O–H groups in total. The van der Waals surface area contributed by atoms with Crippen LogP contribution in [0, 0.1) is 0 Å². The average molecular weight is 241 g/mol.